The summed E-state index contributed by atoms with van der Waals surface area (Å²) in [5, 5.41) is 10.4. The molecule has 1 aromatic carbocycles. The fourth-order valence-electron chi connectivity index (χ4n) is 4.64. The summed E-state index contributed by atoms with van der Waals surface area (Å²) in [6, 6.07) is 11.4. The van der Waals surface area contributed by atoms with Gasteiger partial charge in [0.05, 0.1) is 40.3 Å². The van der Waals surface area contributed by atoms with Crippen LogP contribution in [0.2, 0.25) is 0 Å². The van der Waals surface area contributed by atoms with E-state index in [-0.39, 0.29) is 12.7 Å². The summed E-state index contributed by atoms with van der Waals surface area (Å²) < 4.78 is 11.0. The van der Waals surface area contributed by atoms with Crippen molar-refractivity contribution in [3.8, 4) is 45.4 Å². The second-order valence-corrected chi connectivity index (χ2v) is 9.16. The fourth-order valence-corrected chi connectivity index (χ4v) is 4.64. The number of hydrogen-bond acceptors (Lipinski definition) is 8. The predicted octanol–water partition coefficient (Wildman–Crippen LogP) is 5.09. The highest BCUT2D eigenvalue weighted by atomic mass is 16.7. The number of carbonyl (C=O) groups is 1. The van der Waals surface area contributed by atoms with Crippen molar-refractivity contribution >= 4 is 33.7 Å². The molecule has 0 radical (unpaired) electrons. The molecule has 7 rings (SSSR count). The van der Waals surface area contributed by atoms with E-state index >= 15 is 0 Å². The van der Waals surface area contributed by atoms with Crippen LogP contribution in [-0.4, -0.2) is 47.8 Å². The average molecular weight is 519 g/mol. The van der Waals surface area contributed by atoms with Crippen LogP contribution >= 0.6 is 0 Å². The maximum absolute atomic E-state index is 12.0. The smallest absolute Gasteiger partial charge is 0.231 e. The van der Waals surface area contributed by atoms with Crippen molar-refractivity contribution in [2.75, 3.05) is 12.1 Å². The SMILES string of the molecule is CCCC(=O)Nc1cncc(-c2ccc3[nH]nc(-c4nc5c(-c6ccc7c(c6)OCO7)cncc5[nH]4)c3n2)c1. The van der Waals surface area contributed by atoms with Crippen molar-refractivity contribution < 1.29 is 14.3 Å². The number of imidazole rings is 1. The molecule has 11 nitrogen and oxygen atoms in total. The van der Waals surface area contributed by atoms with Gasteiger partial charge in [-0.15, -0.1) is 0 Å². The monoisotopic (exact) mass is 518 g/mol. The van der Waals surface area contributed by atoms with E-state index in [9.17, 15) is 4.79 Å². The molecule has 1 aliphatic heterocycles. The van der Waals surface area contributed by atoms with Gasteiger partial charge in [0.25, 0.3) is 0 Å². The molecule has 0 saturated heterocycles. The molecule has 3 N–H and O–H groups in total. The van der Waals surface area contributed by atoms with Gasteiger partial charge in [0.1, 0.15) is 5.52 Å². The van der Waals surface area contributed by atoms with Crippen molar-refractivity contribution in [2.45, 2.75) is 19.8 Å². The molecular formula is C28H22N8O3. The number of nitrogens with one attached hydrogen (secondary N) is 3. The number of hydrogen-bond donors (Lipinski definition) is 3. The highest BCUT2D eigenvalue weighted by Crippen LogP contribution is 2.38. The summed E-state index contributed by atoms with van der Waals surface area (Å²) in [5.41, 5.74) is 7.41. The number of aromatic amines is 2. The number of anilines is 1. The zero-order chi connectivity index (χ0) is 26.3. The number of rotatable bonds is 6. The molecule has 0 bridgehead atoms. The first kappa shape index (κ1) is 22.8. The van der Waals surface area contributed by atoms with Crippen LogP contribution in [0.4, 0.5) is 5.69 Å². The average Bonchev–Trinajstić information content (AvgIpc) is 3.70. The third-order valence-corrected chi connectivity index (χ3v) is 6.50. The molecule has 11 heteroatoms. The molecule has 0 spiro atoms. The standard InChI is InChI=1S/C28H22N8O3/c1-2-3-24(37)31-17-8-16(10-29-11-17)19-5-6-20-26(32-19)27(36-35-20)28-33-21-13-30-12-18(25(21)34-28)15-4-7-22-23(9-15)39-14-38-22/h4-13H,2-3,14H2,1H3,(H,31,37)(H,33,34)(H,35,36). The summed E-state index contributed by atoms with van der Waals surface area (Å²) in [5.74, 6) is 1.93. The number of fused-ring (bicyclic) bond motifs is 3. The quantitative estimate of drug-likeness (QED) is 0.277. The molecule has 192 valence electrons. The fraction of sp³-hybridized carbons (Fsp3) is 0.143. The molecule has 0 saturated carbocycles. The van der Waals surface area contributed by atoms with E-state index in [2.05, 4.69) is 30.5 Å². The second kappa shape index (κ2) is 9.21. The highest BCUT2D eigenvalue weighted by molar-refractivity contribution is 5.96. The van der Waals surface area contributed by atoms with Crippen molar-refractivity contribution in [1.29, 1.82) is 0 Å². The van der Waals surface area contributed by atoms with Crippen molar-refractivity contribution in [1.82, 2.24) is 35.1 Å². The van der Waals surface area contributed by atoms with Gasteiger partial charge in [-0.1, -0.05) is 13.0 Å². The Hall–Kier alpha value is -5.32. The van der Waals surface area contributed by atoms with E-state index in [0.717, 1.165) is 45.4 Å². The summed E-state index contributed by atoms with van der Waals surface area (Å²) in [4.78, 5) is 33.9. The topological polar surface area (TPSA) is 144 Å². The summed E-state index contributed by atoms with van der Waals surface area (Å²) in [6.45, 7) is 2.18. The van der Waals surface area contributed by atoms with E-state index in [0.29, 0.717) is 40.6 Å². The van der Waals surface area contributed by atoms with Crippen LogP contribution < -0.4 is 14.8 Å². The number of carbonyl (C=O) groups excluding carboxylic acids is 1. The van der Waals surface area contributed by atoms with Gasteiger partial charge in [-0.2, -0.15) is 5.10 Å². The Morgan fingerprint density at radius 2 is 1.82 bits per heavy atom. The zero-order valence-electron chi connectivity index (χ0n) is 20.9. The van der Waals surface area contributed by atoms with Gasteiger partial charge >= 0.3 is 0 Å². The molecule has 1 aliphatic rings. The van der Waals surface area contributed by atoms with E-state index in [4.69, 9.17) is 19.4 Å². The number of ether oxygens (including phenoxy) is 2. The largest absolute Gasteiger partial charge is 0.454 e. The third kappa shape index (κ3) is 4.09. The number of aromatic nitrogens is 7. The first-order valence-corrected chi connectivity index (χ1v) is 12.5. The first-order valence-electron chi connectivity index (χ1n) is 12.5. The van der Waals surface area contributed by atoms with Gasteiger partial charge in [-0.25, -0.2) is 9.97 Å². The predicted molar refractivity (Wildman–Crippen MR) is 145 cm³/mol. The van der Waals surface area contributed by atoms with Gasteiger partial charge in [-0.05, 0) is 42.3 Å². The lowest BCUT2D eigenvalue weighted by Crippen LogP contribution is -2.10. The molecule has 0 unspecified atom stereocenters. The highest BCUT2D eigenvalue weighted by Gasteiger charge is 2.19. The van der Waals surface area contributed by atoms with Crippen molar-refractivity contribution in [2.24, 2.45) is 0 Å². The Bertz CT molecular complexity index is 1880. The van der Waals surface area contributed by atoms with Crippen LogP contribution in [0.3, 0.4) is 0 Å². The Morgan fingerprint density at radius 1 is 0.923 bits per heavy atom. The van der Waals surface area contributed by atoms with Gasteiger partial charge < -0.3 is 19.8 Å². The molecule has 6 aromatic rings. The Morgan fingerprint density at radius 3 is 2.74 bits per heavy atom. The summed E-state index contributed by atoms with van der Waals surface area (Å²) in [6.07, 6.45) is 8.09. The number of benzene rings is 1. The molecule has 39 heavy (non-hydrogen) atoms. The summed E-state index contributed by atoms with van der Waals surface area (Å²) >= 11 is 0. The molecule has 0 aliphatic carbocycles. The Kier molecular flexibility index (Phi) is 5.39. The number of nitrogens with zero attached hydrogens (tertiary/aromatic N) is 5. The molecular weight excluding hydrogens is 496 g/mol. The first-order chi connectivity index (χ1) is 19.2. The zero-order valence-corrected chi connectivity index (χ0v) is 20.9. The van der Waals surface area contributed by atoms with E-state index in [1.165, 1.54) is 0 Å². The van der Waals surface area contributed by atoms with Crippen molar-refractivity contribution in [3.05, 3.63) is 61.2 Å². The minimum absolute atomic E-state index is 0.0449. The summed E-state index contributed by atoms with van der Waals surface area (Å²) in [7, 11) is 0. The molecule has 0 atom stereocenters. The Labute approximate surface area is 221 Å². The van der Waals surface area contributed by atoms with Gasteiger partial charge in [0.2, 0.25) is 12.7 Å². The lowest BCUT2D eigenvalue weighted by molar-refractivity contribution is -0.116. The number of pyridine rings is 3. The van der Waals surface area contributed by atoms with Gasteiger partial charge in [-0.3, -0.25) is 19.9 Å². The normalized spacial score (nSPS) is 12.3. The van der Waals surface area contributed by atoms with Crippen LogP contribution in [0.15, 0.2) is 61.2 Å². The maximum atomic E-state index is 12.0. The maximum Gasteiger partial charge on any atom is 0.231 e. The van der Waals surface area contributed by atoms with Crippen LogP contribution in [0.5, 0.6) is 11.5 Å². The van der Waals surface area contributed by atoms with E-state index in [1.54, 1.807) is 24.8 Å². The number of H-pyrrole nitrogens is 2. The molecule has 1 amide bonds. The minimum Gasteiger partial charge on any atom is -0.454 e. The lowest BCUT2D eigenvalue weighted by Gasteiger charge is -2.06. The van der Waals surface area contributed by atoms with E-state index < -0.39 is 0 Å². The van der Waals surface area contributed by atoms with Crippen LogP contribution in [-0.2, 0) is 4.79 Å². The van der Waals surface area contributed by atoms with E-state index in [1.807, 2.05) is 43.3 Å². The van der Waals surface area contributed by atoms with Gasteiger partial charge in [0.15, 0.2) is 23.0 Å². The second-order valence-electron chi connectivity index (χ2n) is 9.16. The minimum atomic E-state index is -0.0449. The third-order valence-electron chi connectivity index (χ3n) is 6.50. The van der Waals surface area contributed by atoms with Crippen LogP contribution in [0.25, 0.3) is 56.0 Å². The van der Waals surface area contributed by atoms with Crippen molar-refractivity contribution in [3.63, 3.8) is 0 Å². The van der Waals surface area contributed by atoms with Gasteiger partial charge in [0, 0.05) is 29.9 Å². The van der Waals surface area contributed by atoms with Crippen LogP contribution in [0, 0.1) is 0 Å². The van der Waals surface area contributed by atoms with Crippen LogP contribution in [0.1, 0.15) is 19.8 Å². The lowest BCUT2D eigenvalue weighted by atomic mass is 10.1. The Balaban J connectivity index is 1.27. The molecule has 5 aromatic heterocycles. The number of amides is 1. The molecule has 0 fully saturated rings. The molecule has 6 heterocycles.